The quantitative estimate of drug-likeness (QED) is 0.893. The normalized spacial score (nSPS) is 12.9. The Balaban J connectivity index is 2.30. The monoisotopic (exact) mass is 255 g/mol. The van der Waals surface area contributed by atoms with E-state index < -0.39 is 0 Å². The Morgan fingerprint density at radius 3 is 2.81 bits per heavy atom. The molecular formula is C12H14ClNOS. The number of rotatable bonds is 4. The van der Waals surface area contributed by atoms with E-state index in [1.807, 2.05) is 6.07 Å². The number of aryl methyl sites for hydroxylation is 1. The van der Waals surface area contributed by atoms with Gasteiger partial charge in [-0.05, 0) is 54.2 Å². The van der Waals surface area contributed by atoms with Gasteiger partial charge in [0.15, 0.2) is 5.22 Å². The largest absolute Gasteiger partial charge is 0.448 e. The number of hydrogen-bond donors (Lipinski definition) is 1. The summed E-state index contributed by atoms with van der Waals surface area (Å²) in [5, 5.41) is 5.98. The van der Waals surface area contributed by atoms with E-state index >= 15 is 0 Å². The third-order valence-corrected chi connectivity index (χ3v) is 3.45. The molecule has 0 spiro atoms. The Morgan fingerprint density at radius 2 is 2.31 bits per heavy atom. The molecule has 0 saturated carbocycles. The highest BCUT2D eigenvalue weighted by atomic mass is 35.5. The number of nitrogens with one attached hydrogen (secondary N) is 1. The van der Waals surface area contributed by atoms with Gasteiger partial charge in [0, 0.05) is 4.88 Å². The molecule has 2 aromatic rings. The highest BCUT2D eigenvalue weighted by molar-refractivity contribution is 7.10. The molecule has 0 saturated heterocycles. The second kappa shape index (κ2) is 5.04. The summed E-state index contributed by atoms with van der Waals surface area (Å²) in [5.74, 6) is 0.865. The molecule has 1 atom stereocenters. The van der Waals surface area contributed by atoms with Crippen molar-refractivity contribution in [1.29, 1.82) is 0 Å². The number of furan rings is 1. The fourth-order valence-corrected chi connectivity index (χ4v) is 2.57. The molecule has 2 rings (SSSR count). The zero-order chi connectivity index (χ0) is 11.5. The lowest BCUT2D eigenvalue weighted by molar-refractivity contribution is 0.454. The van der Waals surface area contributed by atoms with Gasteiger partial charge in [-0.25, -0.2) is 0 Å². The first-order valence-electron chi connectivity index (χ1n) is 5.24. The minimum Gasteiger partial charge on any atom is -0.448 e. The van der Waals surface area contributed by atoms with Crippen molar-refractivity contribution >= 4 is 22.9 Å². The standard InChI is InChI=1S/C12H14ClNOS/c1-3-14-12(9-6-8(2)16-7-9)10-4-5-11(13)15-10/h4-7,12,14H,3H2,1-2H3. The third kappa shape index (κ3) is 2.48. The van der Waals surface area contributed by atoms with E-state index in [9.17, 15) is 0 Å². The number of halogens is 1. The van der Waals surface area contributed by atoms with Crippen LogP contribution >= 0.6 is 22.9 Å². The van der Waals surface area contributed by atoms with Crippen molar-refractivity contribution in [2.24, 2.45) is 0 Å². The molecule has 2 aromatic heterocycles. The first kappa shape index (κ1) is 11.7. The SMILES string of the molecule is CCNC(c1csc(C)c1)c1ccc(Cl)o1. The van der Waals surface area contributed by atoms with E-state index in [4.69, 9.17) is 16.0 Å². The summed E-state index contributed by atoms with van der Waals surface area (Å²) in [6, 6.07) is 5.97. The van der Waals surface area contributed by atoms with Gasteiger partial charge in [-0.15, -0.1) is 11.3 Å². The van der Waals surface area contributed by atoms with E-state index in [1.165, 1.54) is 10.4 Å². The van der Waals surface area contributed by atoms with Crippen molar-refractivity contribution in [3.05, 3.63) is 45.0 Å². The summed E-state index contributed by atoms with van der Waals surface area (Å²) in [7, 11) is 0. The molecule has 0 aromatic carbocycles. The Hall–Kier alpha value is -0.770. The maximum Gasteiger partial charge on any atom is 0.193 e. The smallest absolute Gasteiger partial charge is 0.193 e. The highest BCUT2D eigenvalue weighted by Crippen LogP contribution is 2.28. The van der Waals surface area contributed by atoms with E-state index in [0.29, 0.717) is 5.22 Å². The molecule has 1 unspecified atom stereocenters. The summed E-state index contributed by atoms with van der Waals surface area (Å²) in [6.07, 6.45) is 0. The zero-order valence-electron chi connectivity index (χ0n) is 9.29. The Labute approximate surface area is 104 Å². The van der Waals surface area contributed by atoms with Crippen molar-refractivity contribution in [3.8, 4) is 0 Å². The number of thiophene rings is 1. The lowest BCUT2D eigenvalue weighted by Crippen LogP contribution is -2.20. The van der Waals surface area contributed by atoms with Crippen LogP contribution in [0.15, 0.2) is 28.0 Å². The van der Waals surface area contributed by atoms with E-state index in [2.05, 4.69) is 30.6 Å². The van der Waals surface area contributed by atoms with Crippen LogP contribution in [0.5, 0.6) is 0 Å². The third-order valence-electron chi connectivity index (χ3n) is 2.37. The van der Waals surface area contributed by atoms with Gasteiger partial charge in [-0.2, -0.15) is 0 Å². The van der Waals surface area contributed by atoms with Crippen molar-refractivity contribution in [2.45, 2.75) is 19.9 Å². The molecule has 2 heterocycles. The summed E-state index contributed by atoms with van der Waals surface area (Å²) in [6.45, 7) is 5.07. The second-order valence-corrected chi connectivity index (χ2v) is 5.11. The summed E-state index contributed by atoms with van der Waals surface area (Å²) in [4.78, 5) is 1.30. The lowest BCUT2D eigenvalue weighted by atomic mass is 10.1. The van der Waals surface area contributed by atoms with Crippen LogP contribution in [0, 0.1) is 6.92 Å². The van der Waals surface area contributed by atoms with Gasteiger partial charge in [0.05, 0.1) is 6.04 Å². The first-order chi connectivity index (χ1) is 7.70. The van der Waals surface area contributed by atoms with Gasteiger partial charge < -0.3 is 9.73 Å². The van der Waals surface area contributed by atoms with Gasteiger partial charge >= 0.3 is 0 Å². The van der Waals surface area contributed by atoms with Crippen LogP contribution in [0.1, 0.15) is 29.2 Å². The highest BCUT2D eigenvalue weighted by Gasteiger charge is 2.17. The average Bonchev–Trinajstić information content (AvgIpc) is 2.84. The van der Waals surface area contributed by atoms with Crippen LogP contribution in [-0.2, 0) is 0 Å². The van der Waals surface area contributed by atoms with Crippen LogP contribution in [0.2, 0.25) is 5.22 Å². The molecule has 0 radical (unpaired) electrons. The predicted molar refractivity (Wildman–Crippen MR) is 68.3 cm³/mol. The Kier molecular flexibility index (Phi) is 3.69. The van der Waals surface area contributed by atoms with Gasteiger partial charge in [0.25, 0.3) is 0 Å². The minimum atomic E-state index is 0.0995. The molecule has 0 aliphatic rings. The zero-order valence-corrected chi connectivity index (χ0v) is 10.9. The average molecular weight is 256 g/mol. The molecular weight excluding hydrogens is 242 g/mol. The summed E-state index contributed by atoms with van der Waals surface area (Å²) >= 11 is 7.55. The summed E-state index contributed by atoms with van der Waals surface area (Å²) < 4.78 is 5.47. The molecule has 2 nitrogen and oxygen atoms in total. The topological polar surface area (TPSA) is 25.2 Å². The molecule has 0 aliphatic carbocycles. The van der Waals surface area contributed by atoms with Gasteiger partial charge in [-0.3, -0.25) is 0 Å². The fraction of sp³-hybridized carbons (Fsp3) is 0.333. The lowest BCUT2D eigenvalue weighted by Gasteiger charge is -2.13. The Morgan fingerprint density at radius 1 is 1.50 bits per heavy atom. The molecule has 4 heteroatoms. The van der Waals surface area contributed by atoms with E-state index in [-0.39, 0.29) is 6.04 Å². The van der Waals surface area contributed by atoms with Crippen molar-refractivity contribution in [2.75, 3.05) is 6.54 Å². The molecule has 0 bridgehead atoms. The maximum absolute atomic E-state index is 5.81. The summed E-state index contributed by atoms with van der Waals surface area (Å²) in [5.41, 5.74) is 1.23. The minimum absolute atomic E-state index is 0.0995. The molecule has 16 heavy (non-hydrogen) atoms. The van der Waals surface area contributed by atoms with Crippen molar-refractivity contribution in [1.82, 2.24) is 5.32 Å². The fourth-order valence-electron chi connectivity index (χ4n) is 1.69. The molecule has 1 N–H and O–H groups in total. The molecule has 0 aliphatic heterocycles. The van der Waals surface area contributed by atoms with Gasteiger partial charge in [-0.1, -0.05) is 6.92 Å². The van der Waals surface area contributed by atoms with Gasteiger partial charge in [0.2, 0.25) is 0 Å². The van der Waals surface area contributed by atoms with Crippen LogP contribution < -0.4 is 5.32 Å². The first-order valence-corrected chi connectivity index (χ1v) is 6.50. The maximum atomic E-state index is 5.81. The Bertz CT molecular complexity index is 423. The van der Waals surface area contributed by atoms with Crippen LogP contribution in [0.4, 0.5) is 0 Å². The van der Waals surface area contributed by atoms with Gasteiger partial charge in [0.1, 0.15) is 5.76 Å². The molecule has 0 amide bonds. The van der Waals surface area contributed by atoms with Crippen molar-refractivity contribution < 1.29 is 4.42 Å². The van der Waals surface area contributed by atoms with Crippen molar-refractivity contribution in [3.63, 3.8) is 0 Å². The van der Waals surface area contributed by atoms with Crippen LogP contribution in [0.3, 0.4) is 0 Å². The predicted octanol–water partition coefficient (Wildman–Crippen LogP) is 4.00. The molecule has 0 fully saturated rings. The second-order valence-electron chi connectivity index (χ2n) is 3.62. The van der Waals surface area contributed by atoms with E-state index in [1.54, 1.807) is 17.4 Å². The van der Waals surface area contributed by atoms with E-state index in [0.717, 1.165) is 12.3 Å². The number of hydrogen-bond acceptors (Lipinski definition) is 3. The van der Waals surface area contributed by atoms with Crippen LogP contribution in [0.25, 0.3) is 0 Å². The molecule has 86 valence electrons. The van der Waals surface area contributed by atoms with Crippen LogP contribution in [-0.4, -0.2) is 6.54 Å².